The van der Waals surface area contributed by atoms with Crippen molar-refractivity contribution in [1.29, 1.82) is 0 Å². The molecule has 1 aliphatic rings. The molecule has 1 heteroatoms. The zero-order chi connectivity index (χ0) is 20.4. The molecule has 144 valence electrons. The van der Waals surface area contributed by atoms with Crippen LogP contribution in [0.4, 0.5) is 0 Å². The van der Waals surface area contributed by atoms with Crippen LogP contribution in [0.1, 0.15) is 49.4 Å². The second-order valence-electron chi connectivity index (χ2n) is 8.07. The molecular weight excluding hydrogens is 350 g/mol. The van der Waals surface area contributed by atoms with E-state index in [0.29, 0.717) is 0 Å². The summed E-state index contributed by atoms with van der Waals surface area (Å²) in [6, 6.07) is 25.8. The maximum atomic E-state index is 4.68. The van der Waals surface area contributed by atoms with Gasteiger partial charge in [-0.2, -0.15) is 0 Å². The summed E-state index contributed by atoms with van der Waals surface area (Å²) in [5.74, 6) is 0. The van der Waals surface area contributed by atoms with E-state index >= 15 is 0 Å². The molecule has 0 bridgehead atoms. The van der Waals surface area contributed by atoms with Crippen molar-refractivity contribution >= 4 is 11.3 Å². The Morgan fingerprint density at radius 1 is 0.862 bits per heavy atom. The number of aliphatic imine (C=N–C) groups is 1. The van der Waals surface area contributed by atoms with Crippen LogP contribution in [0.2, 0.25) is 0 Å². The van der Waals surface area contributed by atoms with E-state index in [9.17, 15) is 0 Å². The van der Waals surface area contributed by atoms with Gasteiger partial charge in [-0.05, 0) is 57.5 Å². The van der Waals surface area contributed by atoms with Gasteiger partial charge >= 0.3 is 0 Å². The third-order valence-corrected chi connectivity index (χ3v) is 5.90. The fraction of sp³-hybridized carbons (Fsp3) is 0.179. The SMILES string of the molecule is C=C(/C=C\N=C(/CC)c1ccccc1)c1ccc2c(c1)-c1ccccc1C2(C)C. The molecule has 0 spiro atoms. The molecule has 29 heavy (non-hydrogen) atoms. The van der Waals surface area contributed by atoms with E-state index in [-0.39, 0.29) is 5.41 Å². The average Bonchev–Trinajstić information content (AvgIpc) is 2.99. The van der Waals surface area contributed by atoms with Crippen molar-refractivity contribution in [2.45, 2.75) is 32.6 Å². The lowest BCUT2D eigenvalue weighted by Gasteiger charge is -2.21. The lowest BCUT2D eigenvalue weighted by Crippen LogP contribution is -2.14. The van der Waals surface area contributed by atoms with Crippen LogP contribution in [0.3, 0.4) is 0 Å². The molecule has 3 aromatic carbocycles. The van der Waals surface area contributed by atoms with Crippen LogP contribution >= 0.6 is 0 Å². The molecule has 0 saturated carbocycles. The van der Waals surface area contributed by atoms with Crippen molar-refractivity contribution < 1.29 is 0 Å². The normalized spacial score (nSPS) is 14.7. The summed E-state index contributed by atoms with van der Waals surface area (Å²) in [4.78, 5) is 4.68. The molecule has 0 N–H and O–H groups in total. The van der Waals surface area contributed by atoms with Crippen LogP contribution in [0.15, 0.2) is 96.6 Å². The summed E-state index contributed by atoms with van der Waals surface area (Å²) in [7, 11) is 0. The third-order valence-electron chi connectivity index (χ3n) is 5.90. The number of allylic oxidation sites excluding steroid dienone is 2. The maximum absolute atomic E-state index is 4.68. The van der Waals surface area contributed by atoms with Crippen LogP contribution in [0.25, 0.3) is 16.7 Å². The van der Waals surface area contributed by atoms with E-state index in [1.807, 2.05) is 30.5 Å². The Kier molecular flexibility index (Phi) is 5.07. The minimum atomic E-state index is 0.0393. The Morgan fingerprint density at radius 3 is 2.31 bits per heavy atom. The van der Waals surface area contributed by atoms with E-state index in [1.165, 1.54) is 27.8 Å². The summed E-state index contributed by atoms with van der Waals surface area (Å²) < 4.78 is 0. The van der Waals surface area contributed by atoms with Gasteiger partial charge in [0, 0.05) is 17.3 Å². The van der Waals surface area contributed by atoms with Crippen LogP contribution in [0.5, 0.6) is 0 Å². The monoisotopic (exact) mass is 377 g/mol. The van der Waals surface area contributed by atoms with Crippen molar-refractivity contribution in [3.63, 3.8) is 0 Å². The molecule has 0 heterocycles. The van der Waals surface area contributed by atoms with Crippen molar-refractivity contribution in [2.75, 3.05) is 0 Å². The fourth-order valence-corrected chi connectivity index (χ4v) is 4.23. The summed E-state index contributed by atoms with van der Waals surface area (Å²) in [6.45, 7) is 11.0. The van der Waals surface area contributed by atoms with Gasteiger partial charge in [-0.1, -0.05) is 94.1 Å². The first-order valence-electron chi connectivity index (χ1n) is 10.2. The van der Waals surface area contributed by atoms with E-state index in [4.69, 9.17) is 0 Å². The summed E-state index contributed by atoms with van der Waals surface area (Å²) in [5, 5.41) is 0. The van der Waals surface area contributed by atoms with Gasteiger partial charge in [0.15, 0.2) is 0 Å². The minimum Gasteiger partial charge on any atom is -0.261 e. The molecule has 0 fully saturated rings. The first kappa shape index (κ1) is 19.1. The predicted molar refractivity (Wildman–Crippen MR) is 125 cm³/mol. The van der Waals surface area contributed by atoms with Crippen LogP contribution in [-0.4, -0.2) is 5.71 Å². The zero-order valence-electron chi connectivity index (χ0n) is 17.4. The van der Waals surface area contributed by atoms with E-state index < -0.39 is 0 Å². The van der Waals surface area contributed by atoms with Gasteiger partial charge < -0.3 is 0 Å². The molecule has 0 atom stereocenters. The number of rotatable bonds is 5. The number of nitrogens with zero attached hydrogens (tertiary/aromatic N) is 1. The predicted octanol–water partition coefficient (Wildman–Crippen LogP) is 7.42. The molecular formula is C28H27N. The Bertz CT molecular complexity index is 1110. The Labute approximate surface area is 174 Å². The van der Waals surface area contributed by atoms with Gasteiger partial charge in [0.05, 0.1) is 0 Å². The summed E-state index contributed by atoms with van der Waals surface area (Å²) >= 11 is 0. The molecule has 1 nitrogen and oxygen atoms in total. The van der Waals surface area contributed by atoms with Crippen LogP contribution in [-0.2, 0) is 5.41 Å². The van der Waals surface area contributed by atoms with Crippen molar-refractivity contribution in [3.8, 4) is 11.1 Å². The van der Waals surface area contributed by atoms with Gasteiger partial charge in [-0.3, -0.25) is 4.99 Å². The van der Waals surface area contributed by atoms with Crippen LogP contribution in [0, 0.1) is 0 Å². The molecule has 0 aromatic heterocycles. The third kappa shape index (κ3) is 3.49. The first-order valence-corrected chi connectivity index (χ1v) is 10.2. The van der Waals surface area contributed by atoms with Gasteiger partial charge in [-0.15, -0.1) is 0 Å². The van der Waals surface area contributed by atoms with Gasteiger partial charge in [0.2, 0.25) is 0 Å². The second kappa shape index (κ2) is 7.67. The summed E-state index contributed by atoms with van der Waals surface area (Å²) in [6.07, 6.45) is 4.77. The number of benzene rings is 3. The largest absolute Gasteiger partial charge is 0.261 e. The highest BCUT2D eigenvalue weighted by atomic mass is 14.7. The lowest BCUT2D eigenvalue weighted by molar-refractivity contribution is 0.660. The second-order valence-corrected chi connectivity index (χ2v) is 8.07. The van der Waals surface area contributed by atoms with Gasteiger partial charge in [0.25, 0.3) is 0 Å². The zero-order valence-corrected chi connectivity index (χ0v) is 17.4. The highest BCUT2D eigenvalue weighted by molar-refractivity contribution is 6.00. The molecule has 0 saturated heterocycles. The summed E-state index contributed by atoms with van der Waals surface area (Å²) in [5.41, 5.74) is 9.84. The highest BCUT2D eigenvalue weighted by Crippen LogP contribution is 2.48. The topological polar surface area (TPSA) is 12.4 Å². The first-order chi connectivity index (χ1) is 14.0. The van der Waals surface area contributed by atoms with E-state index in [2.05, 4.69) is 86.9 Å². The minimum absolute atomic E-state index is 0.0393. The Hall–Kier alpha value is -3.19. The molecule has 3 aromatic rings. The van der Waals surface area contributed by atoms with Gasteiger partial charge in [-0.25, -0.2) is 0 Å². The molecule has 0 amide bonds. The highest BCUT2D eigenvalue weighted by Gasteiger charge is 2.34. The molecule has 0 unspecified atom stereocenters. The Balaban J connectivity index is 1.62. The average molecular weight is 378 g/mol. The van der Waals surface area contributed by atoms with E-state index in [1.54, 1.807) is 0 Å². The molecule has 0 radical (unpaired) electrons. The smallest absolute Gasteiger partial charge is 0.0473 e. The fourth-order valence-electron chi connectivity index (χ4n) is 4.23. The lowest BCUT2D eigenvalue weighted by atomic mass is 9.82. The molecule has 4 rings (SSSR count). The molecule has 0 aliphatic heterocycles. The molecule has 1 aliphatic carbocycles. The van der Waals surface area contributed by atoms with E-state index in [0.717, 1.165) is 23.3 Å². The standard InChI is InChI=1S/C28H27N/c1-5-27(21-11-7-6-8-12-21)29-18-17-20(2)22-15-16-26-24(19-22)23-13-9-10-14-25(23)28(26,3)4/h6-19H,2,5H2,1,3-4H3/b18-17-,29-27+. The maximum Gasteiger partial charge on any atom is 0.0473 e. The Morgan fingerprint density at radius 2 is 1.55 bits per heavy atom. The van der Waals surface area contributed by atoms with Crippen molar-refractivity contribution in [3.05, 3.63) is 114 Å². The van der Waals surface area contributed by atoms with Gasteiger partial charge in [0.1, 0.15) is 0 Å². The number of hydrogen-bond acceptors (Lipinski definition) is 1. The number of fused-ring (bicyclic) bond motifs is 3. The van der Waals surface area contributed by atoms with Crippen LogP contribution < -0.4 is 0 Å². The number of hydrogen-bond donors (Lipinski definition) is 0. The van der Waals surface area contributed by atoms with Crippen molar-refractivity contribution in [2.24, 2.45) is 4.99 Å². The van der Waals surface area contributed by atoms with Crippen molar-refractivity contribution in [1.82, 2.24) is 0 Å². The quantitative estimate of drug-likeness (QED) is 0.324.